The molecule has 73 heavy (non-hydrogen) atoms. The molecule has 13 nitrogen and oxygen atoms in total. The van der Waals surface area contributed by atoms with Gasteiger partial charge in [0.2, 0.25) is 0 Å². The largest absolute Gasteiger partial charge is 0.466 e. The Balaban J connectivity index is 2.28. The number of hydrogen-bond acceptors (Lipinski definition) is 13. The van der Waals surface area contributed by atoms with Crippen LogP contribution in [0.1, 0.15) is 233 Å². The fraction of sp³-hybridized carbons (Fsp3) is 0.950. The lowest BCUT2D eigenvalue weighted by atomic mass is 9.92. The summed E-state index contributed by atoms with van der Waals surface area (Å²) in [7, 11) is 2.08. The van der Waals surface area contributed by atoms with Crippen molar-refractivity contribution < 1.29 is 57.0 Å². The summed E-state index contributed by atoms with van der Waals surface area (Å²) in [4.78, 5) is 39.3. The van der Waals surface area contributed by atoms with Gasteiger partial charge in [0.25, 0.3) is 0 Å². The molecule has 0 spiro atoms. The van der Waals surface area contributed by atoms with E-state index in [0.717, 1.165) is 103 Å². The van der Waals surface area contributed by atoms with Crippen LogP contribution in [0.4, 0.5) is 0 Å². The molecule has 1 aliphatic rings. The third-order valence-electron chi connectivity index (χ3n) is 14.2. The SMILES string of the molecule is CCCCCC(CCCCC)CCOC(=O)CCCCCCCOCC(COCCOCCOCCOCCOC(=O)C1CCN(C)CC1)OCCCCCCCC(=O)OCCC(CCCCC)CCCCC. The van der Waals surface area contributed by atoms with E-state index < -0.39 is 0 Å². The Morgan fingerprint density at radius 2 is 0.781 bits per heavy atom. The zero-order valence-corrected chi connectivity index (χ0v) is 48.1. The van der Waals surface area contributed by atoms with Gasteiger partial charge >= 0.3 is 17.9 Å². The zero-order chi connectivity index (χ0) is 52.9. The van der Waals surface area contributed by atoms with Crippen molar-refractivity contribution in [2.24, 2.45) is 17.8 Å². The summed E-state index contributed by atoms with van der Waals surface area (Å²) in [6, 6.07) is 0. The van der Waals surface area contributed by atoms with E-state index in [0.29, 0.717) is 111 Å². The first-order valence-corrected chi connectivity index (χ1v) is 30.5. The number of piperidine rings is 1. The minimum Gasteiger partial charge on any atom is -0.466 e. The molecular weight excluding hydrogens is 927 g/mol. The van der Waals surface area contributed by atoms with Crippen LogP contribution in [0.25, 0.3) is 0 Å². The van der Waals surface area contributed by atoms with Crippen molar-refractivity contribution in [1.29, 1.82) is 0 Å². The number of carbonyl (C=O) groups is 3. The molecule has 0 N–H and O–H groups in total. The first-order chi connectivity index (χ1) is 35.8. The summed E-state index contributed by atoms with van der Waals surface area (Å²) in [5, 5.41) is 0. The lowest BCUT2D eigenvalue weighted by molar-refractivity contribution is -0.152. The third-order valence-corrected chi connectivity index (χ3v) is 14.2. The second-order valence-corrected chi connectivity index (χ2v) is 21.0. The Hall–Kier alpha value is -1.87. The summed E-state index contributed by atoms with van der Waals surface area (Å²) in [6.45, 7) is 17.6. The first-order valence-electron chi connectivity index (χ1n) is 30.5. The molecule has 1 heterocycles. The summed E-state index contributed by atoms with van der Waals surface area (Å²) in [5.41, 5.74) is 0. The van der Waals surface area contributed by atoms with Crippen molar-refractivity contribution >= 4 is 17.9 Å². The molecule has 1 atom stereocenters. The van der Waals surface area contributed by atoms with Gasteiger partial charge in [-0.05, 0) is 83.3 Å². The molecule has 0 aromatic rings. The van der Waals surface area contributed by atoms with Crippen LogP contribution in [-0.2, 0) is 57.0 Å². The van der Waals surface area contributed by atoms with Crippen LogP contribution in [0.5, 0.6) is 0 Å². The first kappa shape index (κ1) is 69.1. The number of unbranched alkanes of at least 4 members (excludes halogenated alkanes) is 16. The van der Waals surface area contributed by atoms with E-state index in [9.17, 15) is 14.4 Å². The highest BCUT2D eigenvalue weighted by Crippen LogP contribution is 2.23. The number of carbonyl (C=O) groups excluding carboxylic acids is 3. The van der Waals surface area contributed by atoms with Crippen LogP contribution in [0.2, 0.25) is 0 Å². The number of hydrogen-bond donors (Lipinski definition) is 0. The van der Waals surface area contributed by atoms with E-state index in [-0.39, 0.29) is 36.5 Å². The summed E-state index contributed by atoms with van der Waals surface area (Å²) in [5.74, 6) is 1.16. The number of likely N-dealkylation sites (tertiary alicyclic amines) is 1. The van der Waals surface area contributed by atoms with Gasteiger partial charge < -0.3 is 47.5 Å². The van der Waals surface area contributed by atoms with Crippen LogP contribution in [0.3, 0.4) is 0 Å². The number of rotatable bonds is 56. The summed E-state index contributed by atoms with van der Waals surface area (Å²) >= 11 is 0. The molecule has 1 fully saturated rings. The molecule has 0 saturated carbocycles. The Morgan fingerprint density at radius 1 is 0.397 bits per heavy atom. The van der Waals surface area contributed by atoms with E-state index in [1.54, 1.807) is 0 Å². The predicted molar refractivity (Wildman–Crippen MR) is 295 cm³/mol. The predicted octanol–water partition coefficient (Wildman–Crippen LogP) is 13.4. The minimum absolute atomic E-state index is 0.00571. The third kappa shape index (κ3) is 46.0. The molecule has 0 aromatic heterocycles. The molecule has 13 heteroatoms. The Bertz CT molecular complexity index is 1180. The van der Waals surface area contributed by atoms with Crippen LogP contribution < -0.4 is 0 Å². The highest BCUT2D eigenvalue weighted by atomic mass is 16.6. The van der Waals surface area contributed by atoms with Crippen LogP contribution >= 0.6 is 0 Å². The highest BCUT2D eigenvalue weighted by molar-refractivity contribution is 5.72. The van der Waals surface area contributed by atoms with Gasteiger partial charge in [0.05, 0.1) is 78.6 Å². The number of esters is 3. The van der Waals surface area contributed by atoms with E-state index in [1.807, 2.05) is 0 Å². The maximum Gasteiger partial charge on any atom is 0.309 e. The second-order valence-electron chi connectivity index (χ2n) is 21.0. The van der Waals surface area contributed by atoms with Crippen LogP contribution in [0, 0.1) is 17.8 Å². The monoisotopic (exact) mass is 1040 g/mol. The van der Waals surface area contributed by atoms with Crippen molar-refractivity contribution in [3.63, 3.8) is 0 Å². The lowest BCUT2D eigenvalue weighted by Gasteiger charge is -2.27. The van der Waals surface area contributed by atoms with Gasteiger partial charge in [0.15, 0.2) is 0 Å². The van der Waals surface area contributed by atoms with Gasteiger partial charge in [-0.15, -0.1) is 0 Å². The lowest BCUT2D eigenvalue weighted by Crippen LogP contribution is -2.34. The standard InChI is InChI=1S/C60H115NO12/c1-6-10-20-28-54(29-21-11-7-2)36-42-71-58(62)32-24-16-14-18-26-40-68-52-57(53-69-49-48-66-45-44-65-46-47-67-50-51-73-60(64)56-34-38-61(5)39-35-56)70-41-27-19-15-17-25-33-59(63)72-43-37-55(30-22-12-8-3)31-23-13-9-4/h54-57H,6-53H2,1-5H3. The average molecular weight is 1040 g/mol. The van der Waals surface area contributed by atoms with E-state index in [1.165, 1.54) is 103 Å². The van der Waals surface area contributed by atoms with E-state index in [2.05, 4.69) is 39.6 Å². The molecule has 1 rings (SSSR count). The number of nitrogens with zero attached hydrogens (tertiary/aromatic N) is 1. The van der Waals surface area contributed by atoms with Crippen molar-refractivity contribution in [1.82, 2.24) is 4.90 Å². The maximum atomic E-state index is 12.4. The van der Waals surface area contributed by atoms with Gasteiger partial charge in [-0.25, -0.2) is 0 Å². The van der Waals surface area contributed by atoms with Gasteiger partial charge in [0, 0.05) is 26.1 Å². The molecule has 0 aliphatic carbocycles. The van der Waals surface area contributed by atoms with Crippen molar-refractivity contribution in [3.8, 4) is 0 Å². The van der Waals surface area contributed by atoms with E-state index in [4.69, 9.17) is 42.6 Å². The topological polar surface area (TPSA) is 138 Å². The van der Waals surface area contributed by atoms with E-state index >= 15 is 0 Å². The summed E-state index contributed by atoms with van der Waals surface area (Å²) in [6.07, 6.45) is 34.8. The molecule has 432 valence electrons. The minimum atomic E-state index is -0.164. The second kappa shape index (κ2) is 53.5. The summed E-state index contributed by atoms with van der Waals surface area (Å²) < 4.78 is 51.9. The molecule has 1 saturated heterocycles. The number of ether oxygens (including phenoxy) is 9. The van der Waals surface area contributed by atoms with Gasteiger partial charge in [-0.1, -0.05) is 169 Å². The molecule has 0 aromatic carbocycles. The molecule has 1 aliphatic heterocycles. The van der Waals surface area contributed by atoms with Gasteiger partial charge in [0.1, 0.15) is 12.7 Å². The normalized spacial score (nSPS) is 13.8. The smallest absolute Gasteiger partial charge is 0.309 e. The maximum absolute atomic E-state index is 12.4. The van der Waals surface area contributed by atoms with Crippen molar-refractivity contribution in [2.75, 3.05) is 113 Å². The fourth-order valence-electron chi connectivity index (χ4n) is 9.37. The Labute approximate surface area is 448 Å². The molecular formula is C60H115NO12. The highest BCUT2D eigenvalue weighted by Gasteiger charge is 2.24. The Morgan fingerprint density at radius 3 is 1.23 bits per heavy atom. The molecule has 1 unspecified atom stereocenters. The van der Waals surface area contributed by atoms with Crippen molar-refractivity contribution in [3.05, 3.63) is 0 Å². The quantitative estimate of drug-likeness (QED) is 0.0325. The molecule has 0 radical (unpaired) electrons. The molecule has 0 amide bonds. The van der Waals surface area contributed by atoms with Crippen LogP contribution in [-0.4, -0.2) is 142 Å². The average Bonchev–Trinajstić information content (AvgIpc) is 3.38. The van der Waals surface area contributed by atoms with Crippen LogP contribution in [0.15, 0.2) is 0 Å². The molecule has 0 bridgehead atoms. The van der Waals surface area contributed by atoms with Crippen molar-refractivity contribution in [2.45, 2.75) is 239 Å². The van der Waals surface area contributed by atoms with Gasteiger partial charge in [-0.2, -0.15) is 0 Å². The zero-order valence-electron chi connectivity index (χ0n) is 48.1. The Kier molecular flexibility index (Phi) is 50.7. The van der Waals surface area contributed by atoms with Gasteiger partial charge in [-0.3, -0.25) is 14.4 Å². The fourth-order valence-corrected chi connectivity index (χ4v) is 9.37.